The van der Waals surface area contributed by atoms with Gasteiger partial charge in [0.25, 0.3) is 0 Å². The average Bonchev–Trinajstić information content (AvgIpc) is 3.30. The molecule has 174 valence electrons. The Kier molecular flexibility index (Phi) is 6.42. The summed E-state index contributed by atoms with van der Waals surface area (Å²) in [6.07, 6.45) is 6.46. The average molecular weight is 540 g/mol. The Labute approximate surface area is 211 Å². The highest BCUT2D eigenvalue weighted by molar-refractivity contribution is 9.10. The summed E-state index contributed by atoms with van der Waals surface area (Å²) >= 11 is 10.1. The standard InChI is InChI=1S/C26H24BrClN4O2/c1-31(2)15-29-24-17-8-4-3-7-16(17)21(27)13-19(24)26(33)18-10-11-22(28)25-20(18)14-32(30-25)23-9-5-6-12-34-23/h3-4,7-8,10-11,13-15,23H,5-6,9,12H2,1-2H3/b29-15+. The second-order valence-electron chi connectivity index (χ2n) is 8.63. The monoisotopic (exact) mass is 538 g/mol. The van der Waals surface area contributed by atoms with E-state index in [0.717, 1.165) is 34.5 Å². The largest absolute Gasteiger partial charge is 0.369 e. The predicted octanol–water partition coefficient (Wildman–Crippen LogP) is 6.76. The minimum Gasteiger partial charge on any atom is -0.369 e. The van der Waals surface area contributed by atoms with Gasteiger partial charge in [-0.2, -0.15) is 5.10 Å². The van der Waals surface area contributed by atoms with Crippen molar-refractivity contribution in [2.45, 2.75) is 25.5 Å². The predicted molar refractivity (Wildman–Crippen MR) is 141 cm³/mol. The molecule has 0 aliphatic carbocycles. The fraction of sp³-hybridized carbons (Fsp3) is 0.269. The van der Waals surface area contributed by atoms with Crippen molar-refractivity contribution < 1.29 is 9.53 Å². The van der Waals surface area contributed by atoms with Gasteiger partial charge in [0.1, 0.15) is 11.7 Å². The highest BCUT2D eigenvalue weighted by Crippen LogP contribution is 2.38. The Bertz CT molecular complexity index is 1420. The fourth-order valence-electron chi connectivity index (χ4n) is 4.31. The van der Waals surface area contributed by atoms with E-state index >= 15 is 0 Å². The van der Waals surface area contributed by atoms with E-state index in [1.807, 2.05) is 55.5 Å². The molecular formula is C26H24BrClN4O2. The summed E-state index contributed by atoms with van der Waals surface area (Å²) in [6, 6.07) is 13.3. The molecule has 0 bridgehead atoms. The van der Waals surface area contributed by atoms with E-state index in [1.165, 1.54) is 0 Å². The molecule has 1 unspecified atom stereocenters. The minimum atomic E-state index is -0.143. The molecule has 0 spiro atoms. The van der Waals surface area contributed by atoms with Crippen LogP contribution in [0.2, 0.25) is 5.02 Å². The van der Waals surface area contributed by atoms with Gasteiger partial charge in [0.15, 0.2) is 5.78 Å². The number of carbonyl (C=O) groups excluding carboxylic acids is 1. The van der Waals surface area contributed by atoms with E-state index in [2.05, 4.69) is 21.0 Å². The number of ketones is 1. The molecule has 1 aliphatic heterocycles. The third-order valence-electron chi connectivity index (χ3n) is 5.97. The van der Waals surface area contributed by atoms with Gasteiger partial charge in [-0.05, 0) is 42.8 Å². The Hall–Kier alpha value is -2.74. The lowest BCUT2D eigenvalue weighted by Gasteiger charge is -2.22. The second-order valence-corrected chi connectivity index (χ2v) is 9.89. The number of nitrogens with zero attached hydrogens (tertiary/aromatic N) is 4. The zero-order chi connectivity index (χ0) is 23.8. The Morgan fingerprint density at radius 1 is 1.18 bits per heavy atom. The van der Waals surface area contributed by atoms with E-state index in [0.29, 0.717) is 39.3 Å². The van der Waals surface area contributed by atoms with E-state index in [1.54, 1.807) is 23.2 Å². The van der Waals surface area contributed by atoms with Crippen LogP contribution in [0.5, 0.6) is 0 Å². The fourth-order valence-corrected chi connectivity index (χ4v) is 5.09. The van der Waals surface area contributed by atoms with Crippen molar-refractivity contribution in [3.63, 3.8) is 0 Å². The van der Waals surface area contributed by atoms with Gasteiger partial charge >= 0.3 is 0 Å². The molecule has 8 heteroatoms. The van der Waals surface area contributed by atoms with Crippen LogP contribution in [-0.4, -0.2) is 47.5 Å². The maximum atomic E-state index is 14.0. The maximum Gasteiger partial charge on any atom is 0.196 e. The molecule has 1 aromatic heterocycles. The molecule has 0 amide bonds. The third-order valence-corrected chi connectivity index (χ3v) is 6.93. The van der Waals surface area contributed by atoms with Crippen LogP contribution >= 0.6 is 27.5 Å². The number of benzene rings is 3. The van der Waals surface area contributed by atoms with E-state index in [-0.39, 0.29) is 12.0 Å². The number of aromatic nitrogens is 2. The quantitative estimate of drug-likeness (QED) is 0.160. The van der Waals surface area contributed by atoms with Crippen molar-refractivity contribution in [1.82, 2.24) is 14.7 Å². The van der Waals surface area contributed by atoms with Crippen molar-refractivity contribution in [3.05, 3.63) is 69.3 Å². The summed E-state index contributed by atoms with van der Waals surface area (Å²) in [5.74, 6) is -0.136. The number of rotatable bonds is 5. The lowest BCUT2D eigenvalue weighted by Crippen LogP contribution is -2.18. The molecule has 2 heterocycles. The van der Waals surface area contributed by atoms with Gasteiger partial charge in [0, 0.05) is 47.7 Å². The molecule has 1 saturated heterocycles. The first-order valence-corrected chi connectivity index (χ1v) is 12.4. The number of carbonyl (C=O) groups is 1. The van der Waals surface area contributed by atoms with Crippen LogP contribution in [0.1, 0.15) is 41.4 Å². The normalized spacial score (nSPS) is 16.5. The van der Waals surface area contributed by atoms with Gasteiger partial charge in [0.2, 0.25) is 0 Å². The number of fused-ring (bicyclic) bond motifs is 2. The smallest absolute Gasteiger partial charge is 0.196 e. The molecule has 0 saturated carbocycles. The Morgan fingerprint density at radius 2 is 1.97 bits per heavy atom. The van der Waals surface area contributed by atoms with Gasteiger partial charge in [0.05, 0.1) is 22.6 Å². The lowest BCUT2D eigenvalue weighted by atomic mass is 9.96. The SMILES string of the molecule is CN(C)/C=N/c1c(C(=O)c2ccc(Cl)c3nn(C4CCCCO4)cc23)cc(Br)c2ccccc12. The van der Waals surface area contributed by atoms with Gasteiger partial charge in [-0.3, -0.25) is 4.79 Å². The van der Waals surface area contributed by atoms with E-state index < -0.39 is 0 Å². The van der Waals surface area contributed by atoms with E-state index in [4.69, 9.17) is 21.3 Å². The molecule has 0 radical (unpaired) electrons. The van der Waals surface area contributed by atoms with Gasteiger partial charge in [-0.1, -0.05) is 51.8 Å². The number of ether oxygens (including phenoxy) is 1. The first-order chi connectivity index (χ1) is 16.4. The van der Waals surface area contributed by atoms with Crippen molar-refractivity contribution in [1.29, 1.82) is 0 Å². The zero-order valence-corrected chi connectivity index (χ0v) is 21.3. The van der Waals surface area contributed by atoms with Crippen LogP contribution in [0, 0.1) is 0 Å². The highest BCUT2D eigenvalue weighted by atomic mass is 79.9. The van der Waals surface area contributed by atoms with Crippen LogP contribution in [0.25, 0.3) is 21.7 Å². The first kappa shape index (κ1) is 23.0. The van der Waals surface area contributed by atoms with Crippen molar-refractivity contribution in [2.24, 2.45) is 4.99 Å². The van der Waals surface area contributed by atoms with Crippen LogP contribution in [-0.2, 0) is 4.74 Å². The third kappa shape index (κ3) is 4.24. The summed E-state index contributed by atoms with van der Waals surface area (Å²) in [5, 5.41) is 7.79. The molecule has 6 nitrogen and oxygen atoms in total. The number of aliphatic imine (C=N–C) groups is 1. The Balaban J connectivity index is 1.68. The molecular weight excluding hydrogens is 516 g/mol. The lowest BCUT2D eigenvalue weighted by molar-refractivity contribution is -0.0390. The number of hydrogen-bond acceptors (Lipinski definition) is 4. The van der Waals surface area contributed by atoms with Crippen molar-refractivity contribution >= 4 is 67.0 Å². The highest BCUT2D eigenvalue weighted by Gasteiger charge is 2.24. The van der Waals surface area contributed by atoms with Crippen molar-refractivity contribution in [2.75, 3.05) is 20.7 Å². The van der Waals surface area contributed by atoms with Crippen LogP contribution in [0.15, 0.2) is 58.1 Å². The summed E-state index contributed by atoms with van der Waals surface area (Å²) in [7, 11) is 3.80. The van der Waals surface area contributed by atoms with Crippen LogP contribution < -0.4 is 0 Å². The first-order valence-electron chi connectivity index (χ1n) is 11.2. The summed E-state index contributed by atoms with van der Waals surface area (Å²) in [5.41, 5.74) is 2.27. The van der Waals surface area contributed by atoms with Crippen LogP contribution in [0.3, 0.4) is 0 Å². The summed E-state index contributed by atoms with van der Waals surface area (Å²) in [6.45, 7) is 0.707. The summed E-state index contributed by atoms with van der Waals surface area (Å²) in [4.78, 5) is 20.5. The number of halogens is 2. The number of hydrogen-bond donors (Lipinski definition) is 0. The van der Waals surface area contributed by atoms with Gasteiger partial charge < -0.3 is 9.64 Å². The zero-order valence-electron chi connectivity index (χ0n) is 19.0. The molecule has 5 rings (SSSR count). The van der Waals surface area contributed by atoms with E-state index in [9.17, 15) is 4.79 Å². The van der Waals surface area contributed by atoms with Crippen molar-refractivity contribution in [3.8, 4) is 0 Å². The molecule has 34 heavy (non-hydrogen) atoms. The van der Waals surface area contributed by atoms with Gasteiger partial charge in [-0.15, -0.1) is 0 Å². The molecule has 4 aromatic rings. The Morgan fingerprint density at radius 3 is 2.71 bits per heavy atom. The molecule has 0 N–H and O–H groups in total. The maximum absolute atomic E-state index is 14.0. The molecule has 1 fully saturated rings. The second kappa shape index (κ2) is 9.49. The van der Waals surface area contributed by atoms with Crippen LogP contribution in [0.4, 0.5) is 5.69 Å². The van der Waals surface area contributed by atoms with Gasteiger partial charge in [-0.25, -0.2) is 9.67 Å². The minimum absolute atomic E-state index is 0.136. The molecule has 1 atom stereocenters. The summed E-state index contributed by atoms with van der Waals surface area (Å²) < 4.78 is 8.54. The molecule has 1 aliphatic rings. The topological polar surface area (TPSA) is 59.7 Å². The molecule has 3 aromatic carbocycles.